The van der Waals surface area contributed by atoms with Crippen LogP contribution in [0, 0.1) is 17.9 Å². The molecule has 8 aromatic rings. The van der Waals surface area contributed by atoms with Crippen molar-refractivity contribution < 1.29 is 0 Å². The molecule has 0 saturated carbocycles. The Morgan fingerprint density at radius 2 is 0.732 bits per heavy atom. The quantitative estimate of drug-likeness (QED) is 0.104. The molecule has 0 bridgehead atoms. The minimum atomic E-state index is 0.511. The summed E-state index contributed by atoms with van der Waals surface area (Å²) in [4.78, 5) is 8.35. The zero-order valence-electron chi connectivity index (χ0n) is 30.6. The fraction of sp³-hybridized carbons (Fsp3) is 0. The largest absolute Gasteiger partial charge is 0.311 e. The van der Waals surface area contributed by atoms with E-state index in [-0.39, 0.29) is 0 Å². The lowest BCUT2D eigenvalue weighted by molar-refractivity contribution is 1.28. The Kier molecular flexibility index (Phi) is 10.3. The minimum Gasteiger partial charge on any atom is -0.311 e. The Balaban J connectivity index is 1.03. The first-order valence-corrected chi connectivity index (χ1v) is 18.4. The molecule has 0 aliphatic rings. The van der Waals surface area contributed by atoms with Crippen LogP contribution in [0.2, 0.25) is 0 Å². The van der Waals surface area contributed by atoms with Gasteiger partial charge in [0.2, 0.25) is 0 Å². The van der Waals surface area contributed by atoms with Crippen LogP contribution in [0.5, 0.6) is 0 Å². The van der Waals surface area contributed by atoms with E-state index in [0.717, 1.165) is 67.2 Å². The summed E-state index contributed by atoms with van der Waals surface area (Å²) < 4.78 is 0. The molecule has 0 radical (unpaired) electrons. The summed E-state index contributed by atoms with van der Waals surface area (Å²) >= 11 is 0. The van der Waals surface area contributed by atoms with Crippen LogP contribution < -0.4 is 9.80 Å². The van der Waals surface area contributed by atoms with Crippen molar-refractivity contribution in [2.24, 2.45) is 0 Å². The minimum absolute atomic E-state index is 0.511. The van der Waals surface area contributed by atoms with Crippen LogP contribution in [0.25, 0.3) is 39.9 Å². The summed E-state index contributed by atoms with van der Waals surface area (Å²) in [5.41, 5.74) is 11.3. The fourth-order valence-electron chi connectivity index (χ4n) is 6.92. The molecule has 0 unspecified atom stereocenters. The van der Waals surface area contributed by atoms with E-state index in [0.29, 0.717) is 11.3 Å². The maximum atomic E-state index is 10.2. The van der Waals surface area contributed by atoms with Crippen LogP contribution >= 0.6 is 0 Å². The van der Waals surface area contributed by atoms with Gasteiger partial charge in [0.05, 0.1) is 18.2 Å². The lowest BCUT2D eigenvalue weighted by Crippen LogP contribution is -2.09. The molecule has 0 amide bonds. The van der Waals surface area contributed by atoms with Crippen molar-refractivity contribution in [3.63, 3.8) is 0 Å². The highest BCUT2D eigenvalue weighted by Crippen LogP contribution is 2.37. The van der Waals surface area contributed by atoms with E-state index in [2.05, 4.69) is 118 Å². The molecule has 0 fully saturated rings. The second-order valence-corrected chi connectivity index (χ2v) is 13.3. The van der Waals surface area contributed by atoms with Crippen LogP contribution in [0.4, 0.5) is 39.8 Å². The number of hydrogen-bond donors (Lipinski definition) is 0. The molecule has 8 aromatic carbocycles. The number of nitrogens with zero attached hydrogens (tertiary/aromatic N) is 4. The van der Waals surface area contributed by atoms with Crippen LogP contribution in [0.3, 0.4) is 0 Å². The fourth-order valence-corrected chi connectivity index (χ4v) is 6.92. The van der Waals surface area contributed by atoms with E-state index in [1.54, 1.807) is 0 Å². The van der Waals surface area contributed by atoms with Gasteiger partial charge in [-0.3, -0.25) is 0 Å². The first-order valence-electron chi connectivity index (χ1n) is 18.4. The molecule has 0 heterocycles. The molecular formula is C52H36N4. The first kappa shape index (κ1) is 35.1. The SMILES string of the molecule is [C-]#[N+]c1cc(/C=C\c2ccc(N(c3ccccc3)c3ccccc3)cc2)cc2c(C#N)cc(/C=C\c3ccc(N(c4ccccc4)c4ccccc4)cc3)cc12. The maximum absolute atomic E-state index is 10.2. The van der Waals surface area contributed by atoms with Crippen molar-refractivity contribution in [2.45, 2.75) is 0 Å². The topological polar surface area (TPSA) is 34.6 Å². The third kappa shape index (κ3) is 7.73. The number of para-hydroxylation sites is 4. The highest BCUT2D eigenvalue weighted by atomic mass is 15.1. The molecule has 8 rings (SSSR count). The summed E-state index contributed by atoms with van der Waals surface area (Å²) in [5, 5.41) is 11.8. The molecule has 0 N–H and O–H groups in total. The van der Waals surface area contributed by atoms with Crippen molar-refractivity contribution in [2.75, 3.05) is 9.80 Å². The zero-order valence-corrected chi connectivity index (χ0v) is 30.6. The number of hydrogen-bond acceptors (Lipinski definition) is 3. The average molecular weight is 717 g/mol. The number of benzene rings is 8. The van der Waals surface area contributed by atoms with Gasteiger partial charge in [0.1, 0.15) is 0 Å². The molecule has 4 nitrogen and oxygen atoms in total. The van der Waals surface area contributed by atoms with Crippen molar-refractivity contribution in [3.8, 4) is 6.07 Å². The second kappa shape index (κ2) is 16.4. The second-order valence-electron chi connectivity index (χ2n) is 13.3. The maximum Gasteiger partial charge on any atom is 0.195 e. The zero-order chi connectivity index (χ0) is 38.1. The normalized spacial score (nSPS) is 11.0. The Morgan fingerprint density at radius 3 is 1.11 bits per heavy atom. The molecule has 0 aromatic heterocycles. The highest BCUT2D eigenvalue weighted by molar-refractivity contribution is 6.01. The molecule has 0 spiro atoms. The lowest BCUT2D eigenvalue weighted by atomic mass is 9.97. The summed E-state index contributed by atoms with van der Waals surface area (Å²) in [5.74, 6) is 0. The Labute approximate surface area is 328 Å². The summed E-state index contributed by atoms with van der Waals surface area (Å²) in [6.45, 7) is 8.03. The first-order chi connectivity index (χ1) is 27.7. The van der Waals surface area contributed by atoms with Crippen LogP contribution in [0.1, 0.15) is 27.8 Å². The Hall–Kier alpha value is -7.92. The van der Waals surface area contributed by atoms with E-state index in [1.165, 1.54) is 0 Å². The molecule has 4 heteroatoms. The number of rotatable bonds is 10. The van der Waals surface area contributed by atoms with Gasteiger partial charge in [-0.05, 0) is 124 Å². The molecule has 56 heavy (non-hydrogen) atoms. The van der Waals surface area contributed by atoms with Gasteiger partial charge in [-0.25, -0.2) is 4.85 Å². The van der Waals surface area contributed by atoms with Gasteiger partial charge in [-0.1, -0.05) is 127 Å². The van der Waals surface area contributed by atoms with Crippen molar-refractivity contribution >= 4 is 74.9 Å². The average Bonchev–Trinajstić information content (AvgIpc) is 3.27. The van der Waals surface area contributed by atoms with E-state index < -0.39 is 0 Å². The summed E-state index contributed by atoms with van der Waals surface area (Å²) in [7, 11) is 0. The molecular weight excluding hydrogens is 681 g/mol. The molecule has 0 atom stereocenters. The van der Waals surface area contributed by atoms with Gasteiger partial charge in [0.15, 0.2) is 5.69 Å². The van der Waals surface area contributed by atoms with Crippen molar-refractivity contribution in [1.29, 1.82) is 5.26 Å². The van der Waals surface area contributed by atoms with E-state index in [4.69, 9.17) is 6.57 Å². The number of anilines is 6. The predicted molar refractivity (Wildman–Crippen MR) is 235 cm³/mol. The molecule has 0 aliphatic heterocycles. The van der Waals surface area contributed by atoms with Gasteiger partial charge >= 0.3 is 0 Å². The smallest absolute Gasteiger partial charge is 0.195 e. The van der Waals surface area contributed by atoms with Gasteiger partial charge < -0.3 is 9.80 Å². The monoisotopic (exact) mass is 716 g/mol. The molecule has 0 saturated heterocycles. The lowest BCUT2D eigenvalue weighted by Gasteiger charge is -2.25. The van der Waals surface area contributed by atoms with E-state index >= 15 is 0 Å². The molecule has 264 valence electrons. The van der Waals surface area contributed by atoms with E-state index in [9.17, 15) is 5.26 Å². The van der Waals surface area contributed by atoms with Crippen LogP contribution in [-0.4, -0.2) is 0 Å². The third-order valence-corrected chi connectivity index (χ3v) is 9.63. The van der Waals surface area contributed by atoms with Gasteiger partial charge in [-0.15, -0.1) is 0 Å². The van der Waals surface area contributed by atoms with Crippen molar-refractivity contribution in [3.05, 3.63) is 233 Å². The van der Waals surface area contributed by atoms with Gasteiger partial charge in [0, 0.05) is 34.1 Å². The third-order valence-electron chi connectivity index (χ3n) is 9.63. The van der Waals surface area contributed by atoms with Gasteiger partial charge in [-0.2, -0.15) is 5.26 Å². The molecule has 0 aliphatic carbocycles. The van der Waals surface area contributed by atoms with E-state index in [1.807, 2.05) is 121 Å². The predicted octanol–water partition coefficient (Wildman–Crippen LogP) is 14.5. The standard InChI is InChI=1S/C52H36N4/c1-54-52-37-42(25-23-40-28-32-49(33-29-40)56(46-18-10-4-11-19-46)47-20-12-5-13-21-47)35-50-43(38-53)34-41(36-51(50)52)24-22-39-26-30-48(31-27-39)55(44-14-6-2-7-15-44)45-16-8-3-9-17-45/h2-37H/b24-22-,25-23-. The summed E-state index contributed by atoms with van der Waals surface area (Å²) in [6.07, 6.45) is 8.09. The summed E-state index contributed by atoms with van der Waals surface area (Å²) in [6, 6.07) is 68.3. The number of fused-ring (bicyclic) bond motifs is 1. The van der Waals surface area contributed by atoms with Crippen LogP contribution in [-0.2, 0) is 0 Å². The van der Waals surface area contributed by atoms with Crippen molar-refractivity contribution in [1.82, 2.24) is 0 Å². The van der Waals surface area contributed by atoms with Gasteiger partial charge in [0.25, 0.3) is 0 Å². The van der Waals surface area contributed by atoms with Crippen LogP contribution in [0.15, 0.2) is 194 Å². The highest BCUT2D eigenvalue weighted by Gasteiger charge is 2.13. The Morgan fingerprint density at radius 1 is 0.393 bits per heavy atom. The number of nitriles is 1. The Bertz CT molecular complexity index is 2450.